The van der Waals surface area contributed by atoms with E-state index in [1.165, 1.54) is 24.5 Å². The summed E-state index contributed by atoms with van der Waals surface area (Å²) in [4.78, 5) is 16.0. The van der Waals surface area contributed by atoms with Crippen molar-refractivity contribution in [2.75, 3.05) is 7.11 Å². The predicted molar refractivity (Wildman–Crippen MR) is 86.4 cm³/mol. The largest absolute Gasteiger partial charge is 0.768 e. The Morgan fingerprint density at radius 3 is 2.70 bits per heavy atom. The molecule has 0 aliphatic rings. The number of fused-ring (bicyclic) bond motifs is 1. The Labute approximate surface area is 140 Å². The summed E-state index contributed by atoms with van der Waals surface area (Å²) < 4.78 is 33.4. The van der Waals surface area contributed by atoms with E-state index >= 15 is 0 Å². The van der Waals surface area contributed by atoms with E-state index in [9.17, 15) is 13.6 Å². The fourth-order valence-corrected chi connectivity index (χ4v) is 3.24. The van der Waals surface area contributed by atoms with Crippen molar-refractivity contribution in [1.82, 2.24) is 10.3 Å². The standard InChI is InChI=1S/C14H18N2O5S2/c1-14(2,3)21-13(17)15-7-12-16-8-5-11(23(18)19)9(20-4)6-10(8)22-12/h5-6H,7H2,1-4H3,(H,15,17)(H,18,19)/p-1. The molecule has 0 saturated heterocycles. The fraction of sp³-hybridized carbons (Fsp3) is 0.429. The van der Waals surface area contributed by atoms with Crippen molar-refractivity contribution in [3.8, 4) is 5.75 Å². The smallest absolute Gasteiger partial charge is 0.408 e. The maximum Gasteiger partial charge on any atom is 0.408 e. The van der Waals surface area contributed by atoms with E-state index in [2.05, 4.69) is 10.3 Å². The second-order valence-electron chi connectivity index (χ2n) is 5.67. The molecule has 0 bridgehead atoms. The van der Waals surface area contributed by atoms with Gasteiger partial charge in [0.05, 0.1) is 28.8 Å². The zero-order valence-electron chi connectivity index (χ0n) is 13.2. The quantitative estimate of drug-likeness (QED) is 0.844. The van der Waals surface area contributed by atoms with Crippen LogP contribution >= 0.6 is 11.3 Å². The summed E-state index contributed by atoms with van der Waals surface area (Å²) in [5.41, 5.74) is -0.0333. The normalized spacial score (nSPS) is 12.9. The van der Waals surface area contributed by atoms with Gasteiger partial charge in [0, 0.05) is 6.07 Å². The molecule has 1 amide bonds. The molecule has 1 aromatic heterocycles. The number of hydrogen-bond acceptors (Lipinski definition) is 7. The van der Waals surface area contributed by atoms with Crippen molar-refractivity contribution in [3.63, 3.8) is 0 Å². The maximum absolute atomic E-state index is 11.6. The molecule has 0 spiro atoms. The molecule has 0 fully saturated rings. The van der Waals surface area contributed by atoms with Crippen LogP contribution in [0.2, 0.25) is 0 Å². The summed E-state index contributed by atoms with van der Waals surface area (Å²) >= 11 is -1.06. The number of nitrogens with zero attached hydrogens (tertiary/aromatic N) is 1. The molecule has 7 nitrogen and oxygen atoms in total. The van der Waals surface area contributed by atoms with E-state index in [0.717, 1.165) is 4.70 Å². The number of benzene rings is 1. The monoisotopic (exact) mass is 357 g/mol. The van der Waals surface area contributed by atoms with Crippen LogP contribution in [0.5, 0.6) is 5.75 Å². The molecule has 0 radical (unpaired) electrons. The van der Waals surface area contributed by atoms with Gasteiger partial charge in [-0.15, -0.1) is 11.3 Å². The Morgan fingerprint density at radius 1 is 1.43 bits per heavy atom. The Balaban J connectivity index is 2.17. The molecule has 0 aliphatic carbocycles. The van der Waals surface area contributed by atoms with Crippen molar-refractivity contribution >= 4 is 38.7 Å². The van der Waals surface area contributed by atoms with Gasteiger partial charge in [-0.3, -0.25) is 4.21 Å². The third-order valence-electron chi connectivity index (χ3n) is 2.68. The zero-order chi connectivity index (χ0) is 17.2. The van der Waals surface area contributed by atoms with Gasteiger partial charge in [-0.05, 0) is 37.9 Å². The number of amides is 1. The first-order valence-corrected chi connectivity index (χ1v) is 8.62. The third kappa shape index (κ3) is 4.63. The predicted octanol–water partition coefficient (Wildman–Crippen LogP) is 2.57. The Hall–Kier alpha value is -1.71. The van der Waals surface area contributed by atoms with Crippen molar-refractivity contribution in [2.45, 2.75) is 37.8 Å². The molecule has 2 aromatic rings. The lowest BCUT2D eigenvalue weighted by Crippen LogP contribution is -2.32. The number of carbonyl (C=O) groups excluding carboxylic acids is 1. The van der Waals surface area contributed by atoms with Crippen molar-refractivity contribution in [3.05, 3.63) is 17.1 Å². The minimum Gasteiger partial charge on any atom is -0.768 e. The van der Waals surface area contributed by atoms with E-state index in [0.29, 0.717) is 10.5 Å². The van der Waals surface area contributed by atoms with E-state index in [1.807, 2.05) is 0 Å². The molecular formula is C14H17N2O5S2-. The van der Waals surface area contributed by atoms with Crippen LogP contribution in [0.4, 0.5) is 4.79 Å². The average Bonchev–Trinajstić information content (AvgIpc) is 2.83. The second kappa shape index (κ2) is 6.81. The summed E-state index contributed by atoms with van der Waals surface area (Å²) in [5.74, 6) is 0.265. The highest BCUT2D eigenvalue weighted by atomic mass is 32.2. The SMILES string of the molecule is COc1cc2sc(CNC(=O)OC(C)(C)C)nc2cc1S(=O)[O-]. The van der Waals surface area contributed by atoms with E-state index in [4.69, 9.17) is 9.47 Å². The Bertz CT molecular complexity index is 751. The third-order valence-corrected chi connectivity index (χ3v) is 4.38. The minimum absolute atomic E-state index is 0.0527. The fourth-order valence-electron chi connectivity index (χ4n) is 1.81. The number of rotatable bonds is 4. The van der Waals surface area contributed by atoms with Gasteiger partial charge < -0.3 is 19.3 Å². The summed E-state index contributed by atoms with van der Waals surface area (Å²) in [7, 11) is 1.41. The first-order valence-electron chi connectivity index (χ1n) is 6.73. The number of carbonyl (C=O) groups is 1. The molecule has 0 saturated carbocycles. The summed E-state index contributed by atoms with van der Waals surface area (Å²) in [5, 5.41) is 3.26. The molecular weight excluding hydrogens is 340 g/mol. The zero-order valence-corrected chi connectivity index (χ0v) is 14.8. The topological polar surface area (TPSA) is 101 Å². The first-order chi connectivity index (χ1) is 10.7. The van der Waals surface area contributed by atoms with E-state index < -0.39 is 22.8 Å². The van der Waals surface area contributed by atoms with Gasteiger partial charge in [0.1, 0.15) is 16.4 Å². The number of ether oxygens (including phenoxy) is 2. The van der Waals surface area contributed by atoms with Gasteiger partial charge in [-0.25, -0.2) is 9.78 Å². The summed E-state index contributed by atoms with van der Waals surface area (Å²) in [6.07, 6.45) is -0.532. The number of aromatic nitrogens is 1. The molecule has 1 aromatic carbocycles. The number of alkyl carbamates (subject to hydrolysis) is 1. The van der Waals surface area contributed by atoms with Crippen LogP contribution < -0.4 is 10.1 Å². The first kappa shape index (κ1) is 17.6. The van der Waals surface area contributed by atoms with Gasteiger partial charge in [-0.1, -0.05) is 0 Å². The van der Waals surface area contributed by atoms with Crippen molar-refractivity contribution < 1.29 is 23.0 Å². The molecule has 23 heavy (non-hydrogen) atoms. The lowest BCUT2D eigenvalue weighted by molar-refractivity contribution is 0.0523. The molecule has 1 unspecified atom stereocenters. The van der Waals surface area contributed by atoms with Crippen LogP contribution in [0.1, 0.15) is 25.8 Å². The van der Waals surface area contributed by atoms with Crippen LogP contribution in [-0.2, 0) is 22.4 Å². The van der Waals surface area contributed by atoms with Crippen LogP contribution in [0.25, 0.3) is 10.2 Å². The lowest BCUT2D eigenvalue weighted by Gasteiger charge is -2.19. The number of nitrogens with one attached hydrogen (secondary N) is 1. The van der Waals surface area contributed by atoms with Crippen LogP contribution in [0.15, 0.2) is 17.0 Å². The highest BCUT2D eigenvalue weighted by molar-refractivity contribution is 7.79. The van der Waals surface area contributed by atoms with E-state index in [1.54, 1.807) is 26.8 Å². The van der Waals surface area contributed by atoms with Gasteiger partial charge in [-0.2, -0.15) is 0 Å². The van der Waals surface area contributed by atoms with Crippen LogP contribution in [0.3, 0.4) is 0 Å². The molecule has 126 valence electrons. The van der Waals surface area contributed by atoms with Gasteiger partial charge in [0.15, 0.2) is 0 Å². The van der Waals surface area contributed by atoms with Gasteiger partial charge >= 0.3 is 6.09 Å². The van der Waals surface area contributed by atoms with Crippen LogP contribution in [-0.4, -0.2) is 32.5 Å². The molecule has 9 heteroatoms. The van der Waals surface area contributed by atoms with E-state index in [-0.39, 0.29) is 17.2 Å². The number of thiazole rings is 1. The highest BCUT2D eigenvalue weighted by Crippen LogP contribution is 2.31. The Morgan fingerprint density at radius 2 is 2.13 bits per heavy atom. The lowest BCUT2D eigenvalue weighted by atomic mass is 10.2. The van der Waals surface area contributed by atoms with Crippen molar-refractivity contribution in [1.29, 1.82) is 0 Å². The van der Waals surface area contributed by atoms with Gasteiger partial charge in [0.2, 0.25) is 0 Å². The summed E-state index contributed by atoms with van der Waals surface area (Å²) in [6, 6.07) is 3.07. The average molecular weight is 357 g/mol. The second-order valence-corrected chi connectivity index (χ2v) is 7.69. The maximum atomic E-state index is 11.6. The van der Waals surface area contributed by atoms with Crippen molar-refractivity contribution in [2.24, 2.45) is 0 Å². The minimum atomic E-state index is -2.41. The molecule has 1 atom stereocenters. The highest BCUT2D eigenvalue weighted by Gasteiger charge is 2.16. The Kier molecular flexibility index (Phi) is 5.23. The molecule has 2 rings (SSSR count). The molecule has 1 N–H and O–H groups in total. The molecule has 0 aliphatic heterocycles. The summed E-state index contributed by atoms with van der Waals surface area (Å²) in [6.45, 7) is 5.54. The number of methoxy groups -OCH3 is 1. The number of hydrogen-bond donors (Lipinski definition) is 1. The molecule has 1 heterocycles. The van der Waals surface area contributed by atoms with Gasteiger partial charge in [0.25, 0.3) is 0 Å². The van der Waals surface area contributed by atoms with Crippen LogP contribution in [0, 0.1) is 0 Å².